The van der Waals surface area contributed by atoms with Crippen molar-refractivity contribution in [3.8, 4) is 0 Å². The molecular weight excluding hydrogens is 264 g/mol. The highest BCUT2D eigenvalue weighted by Crippen LogP contribution is 1.71. The van der Waals surface area contributed by atoms with E-state index in [0.717, 1.165) is 13.8 Å². The highest BCUT2D eigenvalue weighted by molar-refractivity contribution is 5.66. The molecule has 0 heterocycles. The van der Waals surface area contributed by atoms with Crippen molar-refractivity contribution in [2.24, 2.45) is 0 Å². The van der Waals surface area contributed by atoms with Crippen LogP contribution in [-0.4, -0.2) is 67.9 Å². The quantitative estimate of drug-likeness (QED) is 0.380. The predicted octanol–water partition coefficient (Wildman–Crippen LogP) is -1.01. The average Bonchev–Trinajstić information content (AvgIpc) is 2.27. The highest BCUT2D eigenvalue weighted by atomic mass is 16.4. The summed E-state index contributed by atoms with van der Waals surface area (Å²) in [5.41, 5.74) is 0. The lowest BCUT2D eigenvalue weighted by molar-refractivity contribution is -0.137. The Kier molecular flexibility index (Phi) is 29.5. The fourth-order valence-corrected chi connectivity index (χ4v) is 0.0577. The van der Waals surface area contributed by atoms with Gasteiger partial charge < -0.3 is 30.6 Å². The van der Waals surface area contributed by atoms with Crippen LogP contribution in [0.1, 0.15) is 27.2 Å². The molecule has 0 aliphatic carbocycles. The minimum absolute atomic E-state index is 0.222. The Bertz CT molecular complexity index is 203. The summed E-state index contributed by atoms with van der Waals surface area (Å²) in [4.78, 5) is 27.4. The summed E-state index contributed by atoms with van der Waals surface area (Å²) in [6, 6.07) is 0. The minimum atomic E-state index is -0.954. The maximum Gasteiger partial charge on any atom is 0.303 e. The molecule has 0 radical (unpaired) electrons. The van der Waals surface area contributed by atoms with Crippen LogP contribution in [0.2, 0.25) is 0 Å². The van der Waals surface area contributed by atoms with Crippen molar-refractivity contribution in [3.05, 3.63) is 0 Å². The van der Waals surface area contributed by atoms with Crippen LogP contribution in [0.15, 0.2) is 0 Å². The Balaban J connectivity index is -0.0000000803. The summed E-state index contributed by atoms with van der Waals surface area (Å²) >= 11 is 0. The molecular formula is C10H22O9. The Morgan fingerprint density at radius 1 is 0.895 bits per heavy atom. The first-order valence-electron chi connectivity index (χ1n) is 5.05. The van der Waals surface area contributed by atoms with E-state index in [0.29, 0.717) is 0 Å². The van der Waals surface area contributed by atoms with Gasteiger partial charge in [-0.3, -0.25) is 14.4 Å². The third-order valence-electron chi connectivity index (χ3n) is 0.724. The van der Waals surface area contributed by atoms with Crippen molar-refractivity contribution in [3.63, 3.8) is 0 Å². The van der Waals surface area contributed by atoms with E-state index >= 15 is 0 Å². The predicted molar refractivity (Wildman–Crippen MR) is 64.7 cm³/mol. The fourth-order valence-electron chi connectivity index (χ4n) is 0.0577. The molecule has 0 aromatic heterocycles. The van der Waals surface area contributed by atoms with Gasteiger partial charge in [0.25, 0.3) is 11.9 Å². The van der Waals surface area contributed by atoms with Crippen molar-refractivity contribution >= 4 is 17.9 Å². The summed E-state index contributed by atoms with van der Waals surface area (Å²) < 4.78 is 0. The number of aliphatic hydroxyl groups excluding tert-OH is 3. The second-order valence-corrected chi connectivity index (χ2v) is 2.80. The topological polar surface area (TPSA) is 173 Å². The third-order valence-corrected chi connectivity index (χ3v) is 0.724. The Labute approximate surface area is 110 Å². The van der Waals surface area contributed by atoms with Gasteiger partial charge in [0.1, 0.15) is 6.10 Å². The molecule has 9 nitrogen and oxygen atoms in total. The summed E-state index contributed by atoms with van der Waals surface area (Å²) in [6.07, 6.45) is -0.731. The number of carbonyl (C=O) groups is 3. The molecule has 0 spiro atoms. The number of carboxylic acid groups (broad SMARTS) is 3. The van der Waals surface area contributed by atoms with Gasteiger partial charge in [-0.25, -0.2) is 0 Å². The molecule has 0 atom stereocenters. The van der Waals surface area contributed by atoms with Crippen LogP contribution in [-0.2, 0) is 14.4 Å². The summed E-state index contributed by atoms with van der Waals surface area (Å²) in [5.74, 6) is -2.41. The molecule has 116 valence electrons. The second-order valence-electron chi connectivity index (χ2n) is 2.80. The van der Waals surface area contributed by atoms with Gasteiger partial charge in [0.2, 0.25) is 0 Å². The number of aliphatic carboxylic acids is 3. The van der Waals surface area contributed by atoms with Crippen molar-refractivity contribution in [1.82, 2.24) is 0 Å². The van der Waals surface area contributed by atoms with E-state index in [9.17, 15) is 4.79 Å². The van der Waals surface area contributed by atoms with Gasteiger partial charge in [0.05, 0.1) is 13.2 Å². The Morgan fingerprint density at radius 3 is 1.05 bits per heavy atom. The zero-order chi connectivity index (χ0) is 16.4. The second kappa shape index (κ2) is 21.6. The minimum Gasteiger partial charge on any atom is -0.481 e. The van der Waals surface area contributed by atoms with Gasteiger partial charge in [0.15, 0.2) is 0 Å². The van der Waals surface area contributed by atoms with Gasteiger partial charge in [-0.2, -0.15) is 0 Å². The summed E-state index contributed by atoms with van der Waals surface area (Å²) in [6.45, 7) is 3.04. The molecule has 6 N–H and O–H groups in total. The Hall–Kier alpha value is -1.71. The summed E-state index contributed by atoms with van der Waals surface area (Å²) in [7, 11) is 0. The first kappa shape index (κ1) is 26.0. The molecule has 0 bridgehead atoms. The van der Waals surface area contributed by atoms with E-state index < -0.39 is 24.0 Å². The van der Waals surface area contributed by atoms with E-state index in [4.69, 9.17) is 40.2 Å². The van der Waals surface area contributed by atoms with Crippen LogP contribution in [0.5, 0.6) is 0 Å². The lowest BCUT2D eigenvalue weighted by Crippen LogP contribution is -2.15. The van der Waals surface area contributed by atoms with E-state index in [1.54, 1.807) is 6.92 Å². The molecule has 0 amide bonds. The highest BCUT2D eigenvalue weighted by Gasteiger charge is 1.93. The molecule has 0 rings (SSSR count). The molecule has 0 saturated carbocycles. The lowest BCUT2D eigenvalue weighted by atomic mass is 10.4. The van der Waals surface area contributed by atoms with E-state index in [1.807, 2.05) is 0 Å². The van der Waals surface area contributed by atoms with Crippen LogP contribution in [0, 0.1) is 0 Å². The van der Waals surface area contributed by atoms with Crippen LogP contribution in [0.25, 0.3) is 0 Å². The van der Waals surface area contributed by atoms with Crippen LogP contribution < -0.4 is 0 Å². The number of aliphatic hydroxyl groups is 3. The van der Waals surface area contributed by atoms with Crippen LogP contribution in [0.3, 0.4) is 0 Å². The van der Waals surface area contributed by atoms with Gasteiger partial charge in [-0.1, -0.05) is 6.92 Å². The summed E-state index contributed by atoms with van der Waals surface area (Å²) in [5, 5.41) is 46.6. The van der Waals surface area contributed by atoms with Gasteiger partial charge in [0, 0.05) is 20.3 Å². The van der Waals surface area contributed by atoms with Crippen molar-refractivity contribution in [1.29, 1.82) is 0 Å². The number of hydrogen-bond donors (Lipinski definition) is 6. The molecule has 19 heavy (non-hydrogen) atoms. The third kappa shape index (κ3) is 181. The SMILES string of the molecule is CC(=O)O.CC(=O)O.CCC(=O)O.OCC(O)CO. The standard InChI is InChI=1S/C3H8O3.C3H6O2.2C2H4O2/c4-1-3(6)2-5;1-2-3(4)5;2*1-2(3)4/h3-6H,1-2H2;2H2,1H3,(H,4,5);2*1H3,(H,3,4). The number of rotatable bonds is 3. The van der Waals surface area contributed by atoms with Crippen LogP contribution in [0.4, 0.5) is 0 Å². The van der Waals surface area contributed by atoms with E-state index in [1.165, 1.54) is 0 Å². The Morgan fingerprint density at radius 2 is 1.05 bits per heavy atom. The monoisotopic (exact) mass is 286 g/mol. The van der Waals surface area contributed by atoms with Crippen molar-refractivity contribution < 1.29 is 45.0 Å². The molecule has 0 aliphatic heterocycles. The normalized spacial score (nSPS) is 7.74. The smallest absolute Gasteiger partial charge is 0.303 e. The first-order chi connectivity index (χ1) is 8.54. The molecule has 0 aromatic rings. The van der Waals surface area contributed by atoms with Gasteiger partial charge in [-0.05, 0) is 0 Å². The molecule has 0 aromatic carbocycles. The van der Waals surface area contributed by atoms with E-state index in [2.05, 4.69) is 0 Å². The van der Waals surface area contributed by atoms with Crippen molar-refractivity contribution in [2.45, 2.75) is 33.3 Å². The van der Waals surface area contributed by atoms with Gasteiger partial charge >= 0.3 is 5.97 Å². The first-order valence-corrected chi connectivity index (χ1v) is 5.05. The molecule has 0 saturated heterocycles. The van der Waals surface area contributed by atoms with Crippen molar-refractivity contribution in [2.75, 3.05) is 13.2 Å². The molecule has 0 fully saturated rings. The average molecular weight is 286 g/mol. The number of hydrogen-bond acceptors (Lipinski definition) is 6. The lowest BCUT2D eigenvalue weighted by Gasteiger charge is -1.96. The number of carboxylic acids is 3. The zero-order valence-corrected chi connectivity index (χ0v) is 11.1. The van der Waals surface area contributed by atoms with Crippen LogP contribution >= 0.6 is 0 Å². The fraction of sp³-hybridized carbons (Fsp3) is 0.700. The van der Waals surface area contributed by atoms with Gasteiger partial charge in [-0.15, -0.1) is 0 Å². The maximum absolute atomic E-state index is 9.37. The molecule has 9 heteroatoms. The molecule has 0 aliphatic rings. The maximum atomic E-state index is 9.37. The molecule has 0 unspecified atom stereocenters. The zero-order valence-electron chi connectivity index (χ0n) is 11.1. The largest absolute Gasteiger partial charge is 0.481 e. The van der Waals surface area contributed by atoms with E-state index in [-0.39, 0.29) is 19.6 Å².